The van der Waals surface area contributed by atoms with Crippen molar-refractivity contribution >= 4 is 22.1 Å². The summed E-state index contributed by atoms with van der Waals surface area (Å²) in [5.41, 5.74) is 0. The van der Waals surface area contributed by atoms with Gasteiger partial charge in [-0.3, -0.25) is 4.79 Å². The van der Waals surface area contributed by atoms with E-state index in [2.05, 4.69) is 11.8 Å². The lowest BCUT2D eigenvalue weighted by atomic mass is 10.1. The van der Waals surface area contributed by atoms with E-state index in [4.69, 9.17) is 4.74 Å². The van der Waals surface area contributed by atoms with Gasteiger partial charge >= 0.3 is 12.1 Å². The van der Waals surface area contributed by atoms with E-state index < -0.39 is 34.2 Å². The first-order valence-corrected chi connectivity index (χ1v) is 9.96. The highest BCUT2D eigenvalue weighted by Gasteiger charge is 2.46. The molecule has 3 atom stereocenters. The number of ether oxygens (including phenoxy) is 1. The first kappa shape index (κ1) is 21.5. The van der Waals surface area contributed by atoms with Crippen LogP contribution < -0.4 is 4.74 Å². The Kier molecular flexibility index (Phi) is 6.53. The van der Waals surface area contributed by atoms with Crippen LogP contribution in [0.3, 0.4) is 0 Å². The van der Waals surface area contributed by atoms with Gasteiger partial charge in [-0.25, -0.2) is 13.2 Å². The normalized spacial score (nSPS) is 21.3. The average Bonchev–Trinajstić information content (AvgIpc) is 2.61. The molecule has 1 aromatic carbocycles. The van der Waals surface area contributed by atoms with Crippen LogP contribution in [0.5, 0.6) is 5.75 Å². The second kappa shape index (κ2) is 8.50. The van der Waals surface area contributed by atoms with E-state index in [1.807, 2.05) is 0 Å². The molecule has 28 heavy (non-hydrogen) atoms. The summed E-state index contributed by atoms with van der Waals surface area (Å²) in [7, 11) is -4.14. The zero-order valence-corrected chi connectivity index (χ0v) is 16.5. The van der Waals surface area contributed by atoms with Crippen molar-refractivity contribution in [3.63, 3.8) is 0 Å². The number of hydrogen-bond donors (Lipinski definition) is 2. The molecule has 1 saturated heterocycles. The van der Waals surface area contributed by atoms with E-state index in [1.54, 1.807) is 13.8 Å². The van der Waals surface area contributed by atoms with Crippen molar-refractivity contribution in [1.82, 2.24) is 9.21 Å². The Bertz CT molecular complexity index is 902. The zero-order chi connectivity index (χ0) is 21.1. The molecule has 1 fully saturated rings. The molecule has 0 spiro atoms. The molecular weight excluding hydrogens is 388 g/mol. The van der Waals surface area contributed by atoms with Crippen LogP contribution in [0.25, 0.3) is 0 Å². The number of nitrogens with zero attached hydrogens (tertiary/aromatic N) is 2. The molecule has 3 unspecified atom stereocenters. The summed E-state index contributed by atoms with van der Waals surface area (Å²) in [5, 5.41) is 18.7. The minimum atomic E-state index is -4.14. The summed E-state index contributed by atoms with van der Waals surface area (Å²) in [6, 6.07) is 3.02. The molecule has 0 aliphatic carbocycles. The smallest absolute Gasteiger partial charge is 0.407 e. The monoisotopic (exact) mass is 410 g/mol. The molecule has 1 aliphatic heterocycles. The number of hydrogen-bond acceptors (Lipinski definition) is 5. The van der Waals surface area contributed by atoms with Gasteiger partial charge in [0.05, 0.1) is 10.9 Å². The highest BCUT2D eigenvalue weighted by Crippen LogP contribution is 2.27. The summed E-state index contributed by atoms with van der Waals surface area (Å²) in [6.07, 6.45) is -1.66. The first-order valence-electron chi connectivity index (χ1n) is 8.52. The Morgan fingerprint density at radius 3 is 2.32 bits per heavy atom. The Morgan fingerprint density at radius 1 is 1.21 bits per heavy atom. The second-order valence-electron chi connectivity index (χ2n) is 6.24. The van der Waals surface area contributed by atoms with Crippen LogP contribution in [0, 0.1) is 11.8 Å². The number of piperazine rings is 1. The SMILES string of the molecule is CC#CC(C)Oc1ccc(S(=O)(=O)N2CCN(C(=O)O)C(C)C2C(=O)O)cc1. The van der Waals surface area contributed by atoms with E-state index in [0.29, 0.717) is 5.75 Å². The van der Waals surface area contributed by atoms with Gasteiger partial charge in [0.2, 0.25) is 10.0 Å². The highest BCUT2D eigenvalue weighted by atomic mass is 32.2. The standard InChI is InChI=1S/C18H22N2O7S/c1-4-5-12(2)27-14-6-8-15(9-7-14)28(25,26)20-11-10-19(18(23)24)13(3)16(20)17(21)22/h6-9,12-13,16H,10-11H2,1-3H3,(H,21,22)(H,23,24). The molecule has 0 aromatic heterocycles. The lowest BCUT2D eigenvalue weighted by Gasteiger charge is -2.42. The van der Waals surface area contributed by atoms with Gasteiger partial charge in [0, 0.05) is 13.1 Å². The summed E-state index contributed by atoms with van der Waals surface area (Å²) in [4.78, 5) is 23.8. The molecule has 1 amide bonds. The van der Waals surface area contributed by atoms with E-state index >= 15 is 0 Å². The van der Waals surface area contributed by atoms with Gasteiger partial charge in [0.25, 0.3) is 0 Å². The fraction of sp³-hybridized carbons (Fsp3) is 0.444. The number of carboxylic acids is 1. The van der Waals surface area contributed by atoms with Crippen LogP contribution in [0.4, 0.5) is 4.79 Å². The Morgan fingerprint density at radius 2 is 1.82 bits per heavy atom. The van der Waals surface area contributed by atoms with Gasteiger partial charge < -0.3 is 19.8 Å². The number of benzene rings is 1. The molecule has 2 rings (SSSR count). The van der Waals surface area contributed by atoms with E-state index in [1.165, 1.54) is 31.2 Å². The van der Waals surface area contributed by atoms with Crippen LogP contribution in [0.2, 0.25) is 0 Å². The molecule has 0 radical (unpaired) electrons. The highest BCUT2D eigenvalue weighted by molar-refractivity contribution is 7.89. The summed E-state index contributed by atoms with van der Waals surface area (Å²) < 4.78 is 32.4. The molecule has 1 aromatic rings. The number of amides is 1. The maximum atomic E-state index is 13.0. The van der Waals surface area contributed by atoms with Gasteiger partial charge in [-0.15, -0.1) is 5.92 Å². The fourth-order valence-electron chi connectivity index (χ4n) is 3.09. The molecule has 1 heterocycles. The summed E-state index contributed by atoms with van der Waals surface area (Å²) in [6.45, 7) is 4.44. The molecule has 2 N–H and O–H groups in total. The van der Waals surface area contributed by atoms with Crippen LogP contribution in [0.15, 0.2) is 29.2 Å². The quantitative estimate of drug-likeness (QED) is 0.701. The Balaban J connectivity index is 2.30. The van der Waals surface area contributed by atoms with Gasteiger partial charge in [-0.05, 0) is 45.0 Å². The Hall–Kier alpha value is -2.77. The first-order chi connectivity index (χ1) is 13.1. The lowest BCUT2D eigenvalue weighted by Crippen LogP contribution is -2.63. The van der Waals surface area contributed by atoms with Crippen molar-refractivity contribution in [1.29, 1.82) is 0 Å². The molecule has 10 heteroatoms. The molecule has 9 nitrogen and oxygen atoms in total. The van der Waals surface area contributed by atoms with E-state index in [-0.39, 0.29) is 24.1 Å². The second-order valence-corrected chi connectivity index (χ2v) is 8.13. The van der Waals surface area contributed by atoms with Crippen molar-refractivity contribution in [3.05, 3.63) is 24.3 Å². The van der Waals surface area contributed by atoms with Gasteiger partial charge in [-0.2, -0.15) is 4.31 Å². The van der Waals surface area contributed by atoms with E-state index in [9.17, 15) is 28.2 Å². The lowest BCUT2D eigenvalue weighted by molar-refractivity contribution is -0.144. The zero-order valence-electron chi connectivity index (χ0n) is 15.7. The molecule has 0 bridgehead atoms. The molecule has 0 saturated carbocycles. The predicted molar refractivity (Wildman–Crippen MR) is 99.5 cm³/mol. The number of rotatable bonds is 5. The third kappa shape index (κ3) is 4.37. The minimum absolute atomic E-state index is 0.101. The van der Waals surface area contributed by atoms with Crippen LogP contribution in [0.1, 0.15) is 20.8 Å². The van der Waals surface area contributed by atoms with Crippen molar-refractivity contribution in [3.8, 4) is 17.6 Å². The van der Waals surface area contributed by atoms with Crippen LogP contribution in [-0.4, -0.2) is 71.2 Å². The topological polar surface area (TPSA) is 124 Å². The fourth-order valence-corrected chi connectivity index (χ4v) is 4.73. The predicted octanol–water partition coefficient (Wildman–Crippen LogP) is 1.30. The largest absolute Gasteiger partial charge is 0.480 e. The maximum absolute atomic E-state index is 13.0. The summed E-state index contributed by atoms with van der Waals surface area (Å²) in [5.74, 6) is 4.54. The average molecular weight is 410 g/mol. The van der Waals surface area contributed by atoms with Crippen molar-refractivity contribution in [2.75, 3.05) is 13.1 Å². The Labute approximate surface area is 163 Å². The van der Waals surface area contributed by atoms with Crippen molar-refractivity contribution < 1.29 is 33.0 Å². The maximum Gasteiger partial charge on any atom is 0.407 e. The molecule has 152 valence electrons. The number of aliphatic carboxylic acids is 1. The van der Waals surface area contributed by atoms with Crippen LogP contribution >= 0.6 is 0 Å². The van der Waals surface area contributed by atoms with E-state index in [0.717, 1.165) is 9.21 Å². The third-order valence-corrected chi connectivity index (χ3v) is 6.30. The van der Waals surface area contributed by atoms with Gasteiger partial charge in [0.15, 0.2) is 6.10 Å². The number of carboxylic acid groups (broad SMARTS) is 2. The number of carbonyl (C=O) groups is 2. The molecular formula is C18H22N2O7S. The third-order valence-electron chi connectivity index (χ3n) is 4.41. The summed E-state index contributed by atoms with van der Waals surface area (Å²) >= 11 is 0. The van der Waals surface area contributed by atoms with Crippen LogP contribution in [-0.2, 0) is 14.8 Å². The number of sulfonamides is 1. The minimum Gasteiger partial charge on any atom is -0.480 e. The van der Waals surface area contributed by atoms with Crippen molar-refractivity contribution in [2.45, 2.75) is 43.9 Å². The molecule has 1 aliphatic rings. The van der Waals surface area contributed by atoms with Gasteiger partial charge in [-0.1, -0.05) is 5.92 Å². The van der Waals surface area contributed by atoms with Crippen molar-refractivity contribution in [2.24, 2.45) is 0 Å². The van der Waals surface area contributed by atoms with Gasteiger partial charge in [0.1, 0.15) is 11.8 Å².